The van der Waals surface area contributed by atoms with Crippen LogP contribution < -0.4 is 5.73 Å². The Hall–Kier alpha value is -1.61. The molecule has 0 saturated carbocycles. The zero-order chi connectivity index (χ0) is 12.3. The van der Waals surface area contributed by atoms with Crippen LogP contribution in [0.15, 0.2) is 36.5 Å². The lowest BCUT2D eigenvalue weighted by molar-refractivity contribution is 0.496. The van der Waals surface area contributed by atoms with E-state index in [0.717, 1.165) is 23.5 Å². The summed E-state index contributed by atoms with van der Waals surface area (Å²) in [6, 6.07) is 10.1. The minimum atomic E-state index is -0.00698. The molecule has 0 saturated heterocycles. The number of aromatic nitrogens is 2. The summed E-state index contributed by atoms with van der Waals surface area (Å²) >= 11 is 0. The summed E-state index contributed by atoms with van der Waals surface area (Å²) in [6.07, 6.45) is 2.87. The van der Waals surface area contributed by atoms with Gasteiger partial charge in [-0.2, -0.15) is 0 Å². The Bertz CT molecular complexity index is 459. The zero-order valence-electron chi connectivity index (χ0n) is 10.4. The number of nitrogens with zero attached hydrogens (tertiary/aromatic N) is 1. The van der Waals surface area contributed by atoms with E-state index in [2.05, 4.69) is 23.8 Å². The second-order valence-corrected chi connectivity index (χ2v) is 4.77. The van der Waals surface area contributed by atoms with E-state index in [1.165, 1.54) is 0 Å². The summed E-state index contributed by atoms with van der Waals surface area (Å²) < 4.78 is 0. The van der Waals surface area contributed by atoms with Gasteiger partial charge in [0.25, 0.3) is 0 Å². The molecule has 1 aromatic heterocycles. The van der Waals surface area contributed by atoms with Crippen LogP contribution in [0, 0.1) is 5.92 Å². The largest absolute Gasteiger partial charge is 0.347 e. The maximum absolute atomic E-state index is 6.09. The van der Waals surface area contributed by atoms with Crippen molar-refractivity contribution in [1.29, 1.82) is 0 Å². The molecule has 2 rings (SSSR count). The maximum atomic E-state index is 6.09. The predicted molar refractivity (Wildman–Crippen MR) is 70.4 cm³/mol. The van der Waals surface area contributed by atoms with Crippen molar-refractivity contribution in [2.45, 2.75) is 26.3 Å². The normalized spacial score (nSPS) is 12.9. The van der Waals surface area contributed by atoms with Crippen LogP contribution in [0.5, 0.6) is 0 Å². The number of imidazole rings is 1. The lowest BCUT2D eigenvalue weighted by Crippen LogP contribution is -2.14. The minimum absolute atomic E-state index is 0.00698. The van der Waals surface area contributed by atoms with Crippen LogP contribution in [-0.2, 0) is 0 Å². The van der Waals surface area contributed by atoms with Gasteiger partial charge in [0, 0.05) is 11.8 Å². The van der Waals surface area contributed by atoms with E-state index in [-0.39, 0.29) is 6.04 Å². The average molecular weight is 229 g/mol. The van der Waals surface area contributed by atoms with Gasteiger partial charge in [0.2, 0.25) is 0 Å². The molecular formula is C14H19N3. The Morgan fingerprint density at radius 1 is 1.24 bits per heavy atom. The van der Waals surface area contributed by atoms with Gasteiger partial charge in [0.15, 0.2) is 0 Å². The summed E-state index contributed by atoms with van der Waals surface area (Å²) in [4.78, 5) is 7.73. The van der Waals surface area contributed by atoms with Gasteiger partial charge < -0.3 is 10.7 Å². The highest BCUT2D eigenvalue weighted by Crippen LogP contribution is 2.21. The van der Waals surface area contributed by atoms with E-state index in [1.54, 1.807) is 0 Å². The van der Waals surface area contributed by atoms with Crippen LogP contribution in [0.25, 0.3) is 11.3 Å². The van der Waals surface area contributed by atoms with Gasteiger partial charge in [-0.05, 0) is 12.3 Å². The van der Waals surface area contributed by atoms with Crippen molar-refractivity contribution in [2.24, 2.45) is 11.7 Å². The molecule has 0 radical (unpaired) electrons. The van der Waals surface area contributed by atoms with Crippen LogP contribution in [0.2, 0.25) is 0 Å². The van der Waals surface area contributed by atoms with Crippen LogP contribution in [-0.4, -0.2) is 9.97 Å². The minimum Gasteiger partial charge on any atom is -0.347 e. The number of nitrogens with one attached hydrogen (secondary N) is 1. The monoisotopic (exact) mass is 229 g/mol. The number of rotatable bonds is 4. The zero-order valence-corrected chi connectivity index (χ0v) is 10.4. The molecule has 0 amide bonds. The SMILES string of the molecule is CC(C)CC(N)c1nc(-c2ccccc2)c[nH]1. The molecule has 0 aliphatic rings. The lowest BCUT2D eigenvalue weighted by Gasteiger charge is -2.10. The van der Waals surface area contributed by atoms with Gasteiger partial charge in [-0.25, -0.2) is 4.98 Å². The van der Waals surface area contributed by atoms with Crippen molar-refractivity contribution < 1.29 is 0 Å². The smallest absolute Gasteiger partial charge is 0.123 e. The molecule has 0 fully saturated rings. The van der Waals surface area contributed by atoms with Crippen molar-refractivity contribution in [3.63, 3.8) is 0 Å². The quantitative estimate of drug-likeness (QED) is 0.846. The molecular weight excluding hydrogens is 210 g/mol. The Kier molecular flexibility index (Phi) is 3.59. The Balaban J connectivity index is 2.16. The van der Waals surface area contributed by atoms with Crippen LogP contribution in [0.3, 0.4) is 0 Å². The fraction of sp³-hybridized carbons (Fsp3) is 0.357. The molecule has 1 unspecified atom stereocenters. The van der Waals surface area contributed by atoms with Gasteiger partial charge in [-0.1, -0.05) is 44.2 Å². The van der Waals surface area contributed by atoms with E-state index in [1.807, 2.05) is 36.5 Å². The van der Waals surface area contributed by atoms with Crippen LogP contribution in [0.4, 0.5) is 0 Å². The number of H-pyrrole nitrogens is 1. The fourth-order valence-corrected chi connectivity index (χ4v) is 1.90. The third kappa shape index (κ3) is 2.94. The first-order valence-electron chi connectivity index (χ1n) is 6.03. The molecule has 0 aliphatic heterocycles. The molecule has 90 valence electrons. The van der Waals surface area contributed by atoms with E-state index in [9.17, 15) is 0 Å². The predicted octanol–water partition coefficient (Wildman–Crippen LogP) is 3.12. The van der Waals surface area contributed by atoms with Gasteiger partial charge in [0.1, 0.15) is 5.82 Å². The number of hydrogen-bond acceptors (Lipinski definition) is 2. The molecule has 17 heavy (non-hydrogen) atoms. The van der Waals surface area contributed by atoms with Crippen molar-refractivity contribution in [3.05, 3.63) is 42.4 Å². The molecule has 3 nitrogen and oxygen atoms in total. The number of benzene rings is 1. The maximum Gasteiger partial charge on any atom is 0.123 e. The van der Waals surface area contributed by atoms with Crippen LogP contribution in [0.1, 0.15) is 32.1 Å². The van der Waals surface area contributed by atoms with Crippen molar-refractivity contribution >= 4 is 0 Å². The summed E-state index contributed by atoms with van der Waals surface area (Å²) in [5.41, 5.74) is 8.17. The van der Waals surface area contributed by atoms with Gasteiger partial charge in [-0.3, -0.25) is 0 Å². The molecule has 3 N–H and O–H groups in total. The summed E-state index contributed by atoms with van der Waals surface area (Å²) in [6.45, 7) is 4.34. The molecule has 3 heteroatoms. The number of nitrogens with two attached hydrogens (primary N) is 1. The molecule has 1 atom stereocenters. The highest BCUT2D eigenvalue weighted by atomic mass is 15.0. The topological polar surface area (TPSA) is 54.7 Å². The molecule has 0 bridgehead atoms. The van der Waals surface area contributed by atoms with Crippen molar-refractivity contribution in [2.75, 3.05) is 0 Å². The van der Waals surface area contributed by atoms with Crippen molar-refractivity contribution in [1.82, 2.24) is 9.97 Å². The first-order valence-corrected chi connectivity index (χ1v) is 6.03. The summed E-state index contributed by atoms with van der Waals surface area (Å²) in [5.74, 6) is 1.45. The van der Waals surface area contributed by atoms with Crippen LogP contribution >= 0.6 is 0 Å². The van der Waals surface area contributed by atoms with E-state index < -0.39 is 0 Å². The number of hydrogen-bond donors (Lipinski definition) is 2. The second kappa shape index (κ2) is 5.15. The van der Waals surface area contributed by atoms with E-state index in [4.69, 9.17) is 5.73 Å². The Morgan fingerprint density at radius 3 is 2.59 bits per heavy atom. The Labute approximate surface area is 102 Å². The Morgan fingerprint density at radius 2 is 1.94 bits per heavy atom. The second-order valence-electron chi connectivity index (χ2n) is 4.77. The molecule has 0 spiro atoms. The highest BCUT2D eigenvalue weighted by molar-refractivity contribution is 5.58. The molecule has 2 aromatic rings. The highest BCUT2D eigenvalue weighted by Gasteiger charge is 2.12. The standard InChI is InChI=1S/C14H19N3/c1-10(2)8-12(15)14-16-9-13(17-14)11-6-4-3-5-7-11/h3-7,9-10,12H,8,15H2,1-2H3,(H,16,17). The lowest BCUT2D eigenvalue weighted by atomic mass is 10.0. The molecule has 0 aliphatic carbocycles. The third-order valence-corrected chi connectivity index (χ3v) is 2.74. The first kappa shape index (κ1) is 11.9. The average Bonchev–Trinajstić information content (AvgIpc) is 2.78. The van der Waals surface area contributed by atoms with Crippen molar-refractivity contribution in [3.8, 4) is 11.3 Å². The van der Waals surface area contributed by atoms with E-state index >= 15 is 0 Å². The van der Waals surface area contributed by atoms with Gasteiger partial charge in [0.05, 0.1) is 11.7 Å². The first-order chi connectivity index (χ1) is 8.16. The van der Waals surface area contributed by atoms with Gasteiger partial charge >= 0.3 is 0 Å². The van der Waals surface area contributed by atoms with Gasteiger partial charge in [-0.15, -0.1) is 0 Å². The van der Waals surface area contributed by atoms with E-state index in [0.29, 0.717) is 5.92 Å². The number of aromatic amines is 1. The summed E-state index contributed by atoms with van der Waals surface area (Å²) in [7, 11) is 0. The molecule has 1 aromatic carbocycles. The third-order valence-electron chi connectivity index (χ3n) is 2.74. The summed E-state index contributed by atoms with van der Waals surface area (Å²) in [5, 5.41) is 0. The fourth-order valence-electron chi connectivity index (χ4n) is 1.90. The molecule has 1 heterocycles.